The minimum Gasteiger partial charge on any atom is -0.348 e. The van der Waals surface area contributed by atoms with Crippen LogP contribution in [0.2, 0.25) is 0 Å². The average Bonchev–Trinajstić information content (AvgIpc) is 2.93. The van der Waals surface area contributed by atoms with Crippen LogP contribution in [-0.2, 0) is 0 Å². The van der Waals surface area contributed by atoms with Crippen molar-refractivity contribution in [3.05, 3.63) is 29.4 Å². The fraction of sp³-hybridized carbons (Fsp3) is 0.571. The maximum Gasteiger partial charge on any atom is 0.274 e. The van der Waals surface area contributed by atoms with E-state index in [1.54, 1.807) is 6.33 Å². The van der Waals surface area contributed by atoms with Gasteiger partial charge in [-0.1, -0.05) is 11.6 Å². The number of imidazole rings is 1. The average molecular weight is 245 g/mol. The second-order valence-electron chi connectivity index (χ2n) is 5.60. The molecule has 0 radical (unpaired) electrons. The number of likely N-dealkylation sites (tertiary alicyclic amines) is 1. The van der Waals surface area contributed by atoms with Gasteiger partial charge in [-0.3, -0.25) is 4.79 Å². The maximum atomic E-state index is 12.4. The van der Waals surface area contributed by atoms with Gasteiger partial charge in [0.15, 0.2) is 0 Å². The Kier molecular flexibility index (Phi) is 2.73. The van der Waals surface area contributed by atoms with Crippen LogP contribution in [0.1, 0.15) is 35.9 Å². The third kappa shape index (κ3) is 1.85. The standard InChI is InChI=1S/C14H19N3O/c1-9-3-4-11-6-17(7-12(11)5-9)14(18)13-10(2)15-8-16-13/h3,8,11-12H,4-7H2,1-2H3,(H,15,16)/t11-,12+/m0/s1. The number of aromatic nitrogens is 2. The summed E-state index contributed by atoms with van der Waals surface area (Å²) in [5, 5.41) is 0. The summed E-state index contributed by atoms with van der Waals surface area (Å²) >= 11 is 0. The Labute approximate surface area is 107 Å². The first-order valence-corrected chi connectivity index (χ1v) is 6.60. The molecule has 1 aliphatic carbocycles. The van der Waals surface area contributed by atoms with Gasteiger partial charge in [0.05, 0.1) is 6.33 Å². The Morgan fingerprint density at radius 2 is 2.17 bits per heavy atom. The lowest BCUT2D eigenvalue weighted by molar-refractivity contribution is 0.0778. The Bertz CT molecular complexity index is 503. The summed E-state index contributed by atoms with van der Waals surface area (Å²) in [4.78, 5) is 21.5. The van der Waals surface area contributed by atoms with Crippen molar-refractivity contribution < 1.29 is 4.79 Å². The van der Waals surface area contributed by atoms with Gasteiger partial charge in [-0.2, -0.15) is 0 Å². The van der Waals surface area contributed by atoms with Crippen molar-refractivity contribution in [1.29, 1.82) is 0 Å². The lowest BCUT2D eigenvalue weighted by atomic mass is 9.83. The third-order valence-electron chi connectivity index (χ3n) is 4.25. The van der Waals surface area contributed by atoms with Crippen LogP contribution < -0.4 is 0 Å². The molecule has 0 aromatic carbocycles. The number of amides is 1. The summed E-state index contributed by atoms with van der Waals surface area (Å²) < 4.78 is 0. The largest absolute Gasteiger partial charge is 0.348 e. The zero-order chi connectivity index (χ0) is 12.7. The van der Waals surface area contributed by atoms with Crippen LogP contribution in [0, 0.1) is 18.8 Å². The predicted octanol–water partition coefficient (Wildman–Crippen LogP) is 2.15. The van der Waals surface area contributed by atoms with Crippen LogP contribution >= 0.6 is 0 Å². The molecule has 0 saturated carbocycles. The number of aromatic amines is 1. The first-order valence-electron chi connectivity index (χ1n) is 6.60. The van der Waals surface area contributed by atoms with Crippen LogP contribution in [0.3, 0.4) is 0 Å². The molecule has 0 bridgehead atoms. The fourth-order valence-electron chi connectivity index (χ4n) is 3.18. The molecule has 96 valence electrons. The normalized spacial score (nSPS) is 27.0. The van der Waals surface area contributed by atoms with E-state index in [1.807, 2.05) is 11.8 Å². The van der Waals surface area contributed by atoms with E-state index in [0.717, 1.165) is 31.6 Å². The summed E-state index contributed by atoms with van der Waals surface area (Å²) in [5.41, 5.74) is 2.92. The Balaban J connectivity index is 1.74. The van der Waals surface area contributed by atoms with Crippen LogP contribution in [0.5, 0.6) is 0 Å². The number of nitrogens with one attached hydrogen (secondary N) is 1. The summed E-state index contributed by atoms with van der Waals surface area (Å²) in [6.07, 6.45) is 6.19. The highest BCUT2D eigenvalue weighted by Gasteiger charge is 2.37. The molecule has 2 aliphatic rings. The molecule has 4 nitrogen and oxygen atoms in total. The van der Waals surface area contributed by atoms with Crippen molar-refractivity contribution in [3.63, 3.8) is 0 Å². The number of hydrogen-bond donors (Lipinski definition) is 1. The van der Waals surface area contributed by atoms with Crippen LogP contribution in [0.15, 0.2) is 18.0 Å². The zero-order valence-corrected chi connectivity index (χ0v) is 10.9. The molecule has 1 saturated heterocycles. The number of carbonyl (C=O) groups excluding carboxylic acids is 1. The van der Waals surface area contributed by atoms with E-state index in [0.29, 0.717) is 17.5 Å². The second kappa shape index (κ2) is 4.26. The van der Waals surface area contributed by atoms with Gasteiger partial charge in [0.2, 0.25) is 0 Å². The van der Waals surface area contributed by atoms with E-state index in [4.69, 9.17) is 0 Å². The highest BCUT2D eigenvalue weighted by Crippen LogP contribution is 2.36. The third-order valence-corrected chi connectivity index (χ3v) is 4.25. The molecule has 3 rings (SSSR count). The number of carbonyl (C=O) groups is 1. The molecular formula is C14H19N3O. The number of allylic oxidation sites excluding steroid dienone is 2. The number of H-pyrrole nitrogens is 1. The van der Waals surface area contributed by atoms with E-state index in [-0.39, 0.29) is 5.91 Å². The van der Waals surface area contributed by atoms with Crippen molar-refractivity contribution in [2.45, 2.75) is 26.7 Å². The van der Waals surface area contributed by atoms with Crippen molar-refractivity contribution in [1.82, 2.24) is 14.9 Å². The fourth-order valence-corrected chi connectivity index (χ4v) is 3.18. The van der Waals surface area contributed by atoms with Gasteiger partial charge in [-0.25, -0.2) is 4.98 Å². The molecule has 18 heavy (non-hydrogen) atoms. The van der Waals surface area contributed by atoms with Crippen molar-refractivity contribution in [3.8, 4) is 0 Å². The van der Waals surface area contributed by atoms with Gasteiger partial charge in [0, 0.05) is 18.8 Å². The van der Waals surface area contributed by atoms with Gasteiger partial charge >= 0.3 is 0 Å². The molecule has 2 atom stereocenters. The topological polar surface area (TPSA) is 49.0 Å². The molecule has 1 aliphatic heterocycles. The summed E-state index contributed by atoms with van der Waals surface area (Å²) in [6, 6.07) is 0. The molecule has 1 fully saturated rings. The lowest BCUT2D eigenvalue weighted by Crippen LogP contribution is -2.29. The van der Waals surface area contributed by atoms with E-state index in [9.17, 15) is 4.79 Å². The molecule has 1 aromatic heterocycles. The van der Waals surface area contributed by atoms with Gasteiger partial charge in [-0.05, 0) is 38.5 Å². The van der Waals surface area contributed by atoms with Gasteiger partial charge in [0.25, 0.3) is 5.91 Å². The molecule has 2 heterocycles. The number of rotatable bonds is 1. The van der Waals surface area contributed by atoms with Crippen LogP contribution in [-0.4, -0.2) is 33.9 Å². The zero-order valence-electron chi connectivity index (χ0n) is 10.9. The number of aryl methyl sites for hydroxylation is 1. The van der Waals surface area contributed by atoms with E-state index in [1.165, 1.54) is 5.57 Å². The smallest absolute Gasteiger partial charge is 0.274 e. The van der Waals surface area contributed by atoms with Crippen LogP contribution in [0.25, 0.3) is 0 Å². The summed E-state index contributed by atoms with van der Waals surface area (Å²) in [7, 11) is 0. The summed E-state index contributed by atoms with van der Waals surface area (Å²) in [6.45, 7) is 5.87. The number of nitrogens with zero attached hydrogens (tertiary/aromatic N) is 2. The molecule has 0 unspecified atom stereocenters. The Morgan fingerprint density at radius 3 is 2.89 bits per heavy atom. The van der Waals surface area contributed by atoms with Crippen molar-refractivity contribution in [2.75, 3.05) is 13.1 Å². The van der Waals surface area contributed by atoms with Gasteiger partial charge < -0.3 is 9.88 Å². The van der Waals surface area contributed by atoms with E-state index < -0.39 is 0 Å². The highest BCUT2D eigenvalue weighted by molar-refractivity contribution is 5.93. The Morgan fingerprint density at radius 1 is 1.39 bits per heavy atom. The first kappa shape index (κ1) is 11.5. The molecule has 1 aromatic rings. The van der Waals surface area contributed by atoms with Crippen molar-refractivity contribution >= 4 is 5.91 Å². The lowest BCUT2D eigenvalue weighted by Gasteiger charge is -2.21. The summed E-state index contributed by atoms with van der Waals surface area (Å²) in [5.74, 6) is 1.39. The van der Waals surface area contributed by atoms with E-state index in [2.05, 4.69) is 23.0 Å². The minimum absolute atomic E-state index is 0.0841. The SMILES string of the molecule is CC1=CC[C@H]2CN(C(=O)c3nc[nH]c3C)C[C@H]2C1. The predicted molar refractivity (Wildman–Crippen MR) is 69.2 cm³/mol. The van der Waals surface area contributed by atoms with Gasteiger partial charge in [0.1, 0.15) is 5.69 Å². The van der Waals surface area contributed by atoms with Crippen LogP contribution in [0.4, 0.5) is 0 Å². The Hall–Kier alpha value is -1.58. The molecule has 1 amide bonds. The number of hydrogen-bond acceptors (Lipinski definition) is 2. The maximum absolute atomic E-state index is 12.4. The van der Waals surface area contributed by atoms with E-state index >= 15 is 0 Å². The quantitative estimate of drug-likeness (QED) is 0.771. The molecular weight excluding hydrogens is 226 g/mol. The second-order valence-corrected chi connectivity index (χ2v) is 5.60. The monoisotopic (exact) mass is 245 g/mol. The molecule has 0 spiro atoms. The highest BCUT2D eigenvalue weighted by atomic mass is 16.2. The molecule has 4 heteroatoms. The van der Waals surface area contributed by atoms with Crippen molar-refractivity contribution in [2.24, 2.45) is 11.8 Å². The van der Waals surface area contributed by atoms with Gasteiger partial charge in [-0.15, -0.1) is 0 Å². The number of fused-ring (bicyclic) bond motifs is 1. The minimum atomic E-state index is 0.0841. The molecule has 1 N–H and O–H groups in total. The first-order chi connectivity index (χ1) is 8.65.